The van der Waals surface area contributed by atoms with E-state index in [2.05, 4.69) is 0 Å². The number of hydrogen-bond acceptors (Lipinski definition) is 3. The Kier molecular flexibility index (Phi) is 6.04. The normalized spacial score (nSPS) is 14.8. The Labute approximate surface area is 103 Å². The molecule has 0 aromatic carbocycles. The van der Waals surface area contributed by atoms with Crippen molar-refractivity contribution in [3.8, 4) is 0 Å². The van der Waals surface area contributed by atoms with Gasteiger partial charge in [0.25, 0.3) is 10.2 Å². The summed E-state index contributed by atoms with van der Waals surface area (Å²) >= 11 is 0. The van der Waals surface area contributed by atoms with Crippen molar-refractivity contribution < 1.29 is 31.5 Å². The van der Waals surface area contributed by atoms with Crippen molar-refractivity contribution in [2.75, 3.05) is 13.6 Å². The number of carboxylic acids is 1. The van der Waals surface area contributed by atoms with Gasteiger partial charge in [-0.05, 0) is 6.92 Å². The summed E-state index contributed by atoms with van der Waals surface area (Å²) in [5.74, 6) is -1.19. The predicted molar refractivity (Wildman–Crippen MR) is 57.1 cm³/mol. The summed E-state index contributed by atoms with van der Waals surface area (Å²) in [6.07, 6.45) is -6.19. The topological polar surface area (TPSA) is 86.7 Å². The molecule has 18 heavy (non-hydrogen) atoms. The number of rotatable bonds is 7. The quantitative estimate of drug-likeness (QED) is 0.718. The molecule has 0 saturated heterocycles. The van der Waals surface area contributed by atoms with Crippen molar-refractivity contribution in [2.45, 2.75) is 32.0 Å². The number of alkyl halides is 3. The van der Waals surface area contributed by atoms with E-state index in [9.17, 15) is 26.4 Å². The highest BCUT2D eigenvalue weighted by molar-refractivity contribution is 7.87. The minimum absolute atomic E-state index is 0.316. The Morgan fingerprint density at radius 3 is 2.33 bits per heavy atom. The van der Waals surface area contributed by atoms with Gasteiger partial charge in [-0.3, -0.25) is 4.79 Å². The van der Waals surface area contributed by atoms with Crippen LogP contribution in [0.25, 0.3) is 0 Å². The van der Waals surface area contributed by atoms with Crippen LogP contribution in [0.5, 0.6) is 0 Å². The molecule has 0 spiro atoms. The van der Waals surface area contributed by atoms with E-state index in [0.717, 1.165) is 14.0 Å². The highest BCUT2D eigenvalue weighted by atomic mass is 32.2. The van der Waals surface area contributed by atoms with Gasteiger partial charge in [0.1, 0.15) is 0 Å². The fourth-order valence-electron chi connectivity index (χ4n) is 1.11. The van der Waals surface area contributed by atoms with Gasteiger partial charge in [-0.1, -0.05) is 0 Å². The van der Waals surface area contributed by atoms with E-state index < -0.39 is 41.2 Å². The van der Waals surface area contributed by atoms with Crippen LogP contribution < -0.4 is 4.72 Å². The van der Waals surface area contributed by atoms with E-state index in [1.54, 1.807) is 0 Å². The van der Waals surface area contributed by atoms with Gasteiger partial charge in [-0.25, -0.2) is 0 Å². The lowest BCUT2D eigenvalue weighted by Gasteiger charge is -2.21. The molecule has 1 atom stereocenters. The Morgan fingerprint density at radius 1 is 1.44 bits per heavy atom. The third-order valence-corrected chi connectivity index (χ3v) is 3.64. The molecule has 6 nitrogen and oxygen atoms in total. The first-order valence-corrected chi connectivity index (χ1v) is 6.40. The Balaban J connectivity index is 4.42. The Morgan fingerprint density at radius 2 is 1.94 bits per heavy atom. The first kappa shape index (κ1) is 17.1. The first-order chi connectivity index (χ1) is 7.94. The number of carboxylic acid groups (broad SMARTS) is 1. The van der Waals surface area contributed by atoms with Crippen LogP contribution in [0.4, 0.5) is 13.2 Å². The molecule has 0 aliphatic carbocycles. The van der Waals surface area contributed by atoms with Crippen LogP contribution in [-0.2, 0) is 15.0 Å². The molecule has 1 unspecified atom stereocenters. The number of halogens is 3. The molecule has 0 aromatic heterocycles. The summed E-state index contributed by atoms with van der Waals surface area (Å²) in [4.78, 5) is 10.2. The van der Waals surface area contributed by atoms with Crippen molar-refractivity contribution in [1.82, 2.24) is 9.03 Å². The van der Waals surface area contributed by atoms with Crippen LogP contribution in [-0.4, -0.2) is 49.6 Å². The molecule has 0 bridgehead atoms. The summed E-state index contributed by atoms with van der Waals surface area (Å²) in [6, 6.07) is -1.32. The Hall–Kier alpha value is -0.870. The van der Waals surface area contributed by atoms with Crippen LogP contribution >= 0.6 is 0 Å². The van der Waals surface area contributed by atoms with Gasteiger partial charge in [-0.15, -0.1) is 0 Å². The zero-order valence-corrected chi connectivity index (χ0v) is 10.7. The number of nitrogens with one attached hydrogen (secondary N) is 1. The monoisotopic (exact) mass is 292 g/mol. The fraction of sp³-hybridized carbons (Fsp3) is 0.875. The molecular formula is C8H15F3N2O4S. The molecule has 0 aromatic rings. The van der Waals surface area contributed by atoms with Crippen molar-refractivity contribution in [3.05, 3.63) is 0 Å². The van der Waals surface area contributed by atoms with E-state index in [-0.39, 0.29) is 6.54 Å². The van der Waals surface area contributed by atoms with Crippen molar-refractivity contribution >= 4 is 16.2 Å². The maximum atomic E-state index is 12.0. The van der Waals surface area contributed by atoms with Gasteiger partial charge < -0.3 is 5.11 Å². The average molecular weight is 292 g/mol. The summed E-state index contributed by atoms with van der Waals surface area (Å²) in [5.41, 5.74) is 0. The SMILES string of the molecule is CC(CC(F)(F)F)NS(=O)(=O)N(C)CCC(=O)O. The second-order valence-corrected chi connectivity index (χ2v) is 5.62. The number of hydrogen-bond donors (Lipinski definition) is 2. The standard InChI is InChI=1S/C8H15F3N2O4S/c1-6(5-8(9,10)11)12-18(16,17)13(2)4-3-7(14)15/h6,12H,3-5H2,1-2H3,(H,14,15). The maximum absolute atomic E-state index is 12.0. The van der Waals surface area contributed by atoms with Gasteiger partial charge in [0.2, 0.25) is 0 Å². The lowest BCUT2D eigenvalue weighted by Crippen LogP contribution is -2.44. The molecule has 0 aliphatic heterocycles. The second kappa shape index (κ2) is 6.34. The lowest BCUT2D eigenvalue weighted by atomic mass is 10.2. The molecule has 0 heterocycles. The third-order valence-electron chi connectivity index (χ3n) is 1.94. The van der Waals surface area contributed by atoms with Crippen LogP contribution in [0.15, 0.2) is 0 Å². The molecule has 0 amide bonds. The van der Waals surface area contributed by atoms with Crippen molar-refractivity contribution in [2.24, 2.45) is 0 Å². The van der Waals surface area contributed by atoms with Gasteiger partial charge >= 0.3 is 12.1 Å². The molecule has 10 heteroatoms. The highest BCUT2D eigenvalue weighted by Crippen LogP contribution is 2.21. The smallest absolute Gasteiger partial charge is 0.390 e. The fourth-order valence-corrected chi connectivity index (χ4v) is 2.21. The molecule has 108 valence electrons. The van der Waals surface area contributed by atoms with E-state index in [1.807, 2.05) is 4.72 Å². The second-order valence-electron chi connectivity index (χ2n) is 3.81. The highest BCUT2D eigenvalue weighted by Gasteiger charge is 2.32. The molecular weight excluding hydrogens is 277 g/mol. The molecule has 0 radical (unpaired) electrons. The van der Waals surface area contributed by atoms with Crippen LogP contribution in [0.3, 0.4) is 0 Å². The largest absolute Gasteiger partial charge is 0.481 e. The van der Waals surface area contributed by atoms with E-state index in [4.69, 9.17) is 5.11 Å². The van der Waals surface area contributed by atoms with Crippen molar-refractivity contribution in [1.29, 1.82) is 0 Å². The van der Waals surface area contributed by atoms with E-state index in [0.29, 0.717) is 4.31 Å². The molecule has 0 saturated carbocycles. The first-order valence-electron chi connectivity index (χ1n) is 4.96. The lowest BCUT2D eigenvalue weighted by molar-refractivity contribution is -0.138. The average Bonchev–Trinajstić information content (AvgIpc) is 2.09. The number of aliphatic carboxylic acids is 1. The summed E-state index contributed by atoms with van der Waals surface area (Å²) in [5, 5.41) is 8.37. The van der Waals surface area contributed by atoms with Gasteiger partial charge in [0.05, 0.1) is 12.8 Å². The van der Waals surface area contributed by atoms with Crippen molar-refractivity contribution in [3.63, 3.8) is 0 Å². The summed E-state index contributed by atoms with van der Waals surface area (Å²) in [6.45, 7) is 0.763. The minimum atomic E-state index is -4.47. The molecule has 0 aliphatic rings. The summed E-state index contributed by atoms with van der Waals surface area (Å²) < 4.78 is 61.5. The zero-order valence-electron chi connectivity index (χ0n) is 9.86. The molecule has 0 rings (SSSR count). The maximum Gasteiger partial charge on any atom is 0.390 e. The molecule has 0 fully saturated rings. The Bertz CT molecular complexity index is 382. The van der Waals surface area contributed by atoms with Crippen LogP contribution in [0.2, 0.25) is 0 Å². The van der Waals surface area contributed by atoms with E-state index >= 15 is 0 Å². The number of nitrogens with zero attached hydrogens (tertiary/aromatic N) is 1. The van der Waals surface area contributed by atoms with Gasteiger partial charge in [0, 0.05) is 19.6 Å². The van der Waals surface area contributed by atoms with Crippen LogP contribution in [0.1, 0.15) is 19.8 Å². The summed E-state index contributed by atoms with van der Waals surface area (Å²) in [7, 11) is -3.02. The number of carbonyl (C=O) groups is 1. The van der Waals surface area contributed by atoms with Crippen LogP contribution in [0, 0.1) is 0 Å². The predicted octanol–water partition coefficient (Wildman–Crippen LogP) is 0.568. The van der Waals surface area contributed by atoms with Gasteiger partial charge in [0.15, 0.2) is 0 Å². The van der Waals surface area contributed by atoms with E-state index in [1.165, 1.54) is 0 Å². The molecule has 2 N–H and O–H groups in total. The van der Waals surface area contributed by atoms with Gasteiger partial charge in [-0.2, -0.15) is 30.6 Å². The third kappa shape index (κ3) is 7.45. The minimum Gasteiger partial charge on any atom is -0.481 e. The zero-order chi connectivity index (χ0) is 14.6.